The maximum absolute atomic E-state index is 12.4. The summed E-state index contributed by atoms with van der Waals surface area (Å²) in [4.78, 5) is 38.4. The van der Waals surface area contributed by atoms with Crippen LogP contribution in [0.25, 0.3) is 0 Å². The molecule has 1 saturated heterocycles. The molecule has 7 nitrogen and oxygen atoms in total. The predicted octanol–water partition coefficient (Wildman–Crippen LogP) is 0.316. The van der Waals surface area contributed by atoms with Gasteiger partial charge in [0.25, 0.3) is 5.91 Å². The second-order valence-electron chi connectivity index (χ2n) is 4.99. The van der Waals surface area contributed by atoms with E-state index in [2.05, 4.69) is 0 Å². The topological polar surface area (TPSA) is 87.2 Å². The number of carbonyl (C=O) groups excluding carboxylic acids is 2. The van der Waals surface area contributed by atoms with Crippen LogP contribution in [0.2, 0.25) is 0 Å². The Balaban J connectivity index is 2.04. The number of hydrogen-bond donors (Lipinski definition) is 1. The second-order valence-corrected chi connectivity index (χ2v) is 4.99. The van der Waals surface area contributed by atoms with Gasteiger partial charge in [0.2, 0.25) is 5.91 Å². The molecule has 0 saturated carbocycles. The highest BCUT2D eigenvalue weighted by molar-refractivity contribution is 5.99. The molecular formula is C15H18N2O5. The van der Waals surface area contributed by atoms with Gasteiger partial charge in [0, 0.05) is 32.3 Å². The molecule has 0 atom stereocenters. The lowest BCUT2D eigenvalue weighted by Crippen LogP contribution is -2.52. The monoisotopic (exact) mass is 306 g/mol. The summed E-state index contributed by atoms with van der Waals surface area (Å²) >= 11 is 0. The van der Waals surface area contributed by atoms with Crippen LogP contribution in [-0.2, 0) is 9.53 Å². The molecule has 1 N–H and O–H groups in total. The lowest BCUT2D eigenvalue weighted by Gasteiger charge is -2.34. The molecule has 0 unspecified atom stereocenters. The van der Waals surface area contributed by atoms with Crippen molar-refractivity contribution < 1.29 is 24.2 Å². The number of carbonyl (C=O) groups is 3. The van der Waals surface area contributed by atoms with Crippen molar-refractivity contribution in [3.8, 4) is 0 Å². The summed E-state index contributed by atoms with van der Waals surface area (Å²) < 4.78 is 4.94. The van der Waals surface area contributed by atoms with Gasteiger partial charge >= 0.3 is 5.97 Å². The fourth-order valence-electron chi connectivity index (χ4n) is 2.29. The Morgan fingerprint density at radius 3 is 2.64 bits per heavy atom. The quantitative estimate of drug-likeness (QED) is 0.846. The van der Waals surface area contributed by atoms with Crippen molar-refractivity contribution in [1.29, 1.82) is 0 Å². The van der Waals surface area contributed by atoms with Gasteiger partial charge in [-0.05, 0) is 18.2 Å². The number of carboxylic acid groups (broad SMARTS) is 1. The van der Waals surface area contributed by atoms with Crippen molar-refractivity contribution >= 4 is 17.8 Å². The second kappa shape index (κ2) is 7.04. The molecule has 0 radical (unpaired) electrons. The van der Waals surface area contributed by atoms with Crippen LogP contribution in [0.15, 0.2) is 24.3 Å². The number of methoxy groups -OCH3 is 1. The molecule has 118 valence electrons. The van der Waals surface area contributed by atoms with Crippen molar-refractivity contribution in [2.45, 2.75) is 0 Å². The summed E-state index contributed by atoms with van der Waals surface area (Å²) in [6, 6.07) is 5.82. The maximum Gasteiger partial charge on any atom is 0.335 e. The average Bonchev–Trinajstić information content (AvgIpc) is 2.53. The third-order valence-corrected chi connectivity index (χ3v) is 3.53. The van der Waals surface area contributed by atoms with Gasteiger partial charge in [-0.2, -0.15) is 0 Å². The first-order valence-corrected chi connectivity index (χ1v) is 6.92. The van der Waals surface area contributed by atoms with Crippen LogP contribution < -0.4 is 0 Å². The molecule has 7 heteroatoms. The Bertz CT molecular complexity index is 587. The normalized spacial score (nSPS) is 15.0. The lowest BCUT2D eigenvalue weighted by atomic mass is 10.1. The lowest BCUT2D eigenvalue weighted by molar-refractivity contribution is -0.135. The van der Waals surface area contributed by atoms with E-state index in [1.165, 1.54) is 23.1 Å². The summed E-state index contributed by atoms with van der Waals surface area (Å²) in [5.74, 6) is -1.55. The Kier molecular flexibility index (Phi) is 5.11. The fourth-order valence-corrected chi connectivity index (χ4v) is 2.29. The Labute approximate surface area is 128 Å². The van der Waals surface area contributed by atoms with E-state index in [0.717, 1.165) is 0 Å². The molecule has 0 aromatic heterocycles. The van der Waals surface area contributed by atoms with E-state index < -0.39 is 5.97 Å². The van der Waals surface area contributed by atoms with Gasteiger partial charge in [0.15, 0.2) is 0 Å². The standard InChI is InChI=1S/C15H18N2O5/c1-22-8-7-16-5-6-17(10-13(16)18)14(19)11-3-2-4-12(9-11)15(20)21/h2-4,9H,5-8,10H2,1H3,(H,20,21). The minimum atomic E-state index is -1.09. The molecule has 0 aliphatic carbocycles. The van der Waals surface area contributed by atoms with E-state index >= 15 is 0 Å². The van der Waals surface area contributed by atoms with Gasteiger partial charge in [-0.1, -0.05) is 6.07 Å². The molecule has 0 bridgehead atoms. The first-order chi connectivity index (χ1) is 10.5. The van der Waals surface area contributed by atoms with Crippen LogP contribution in [0.3, 0.4) is 0 Å². The highest BCUT2D eigenvalue weighted by Crippen LogP contribution is 2.12. The van der Waals surface area contributed by atoms with Crippen LogP contribution in [0.1, 0.15) is 20.7 Å². The molecule has 1 aliphatic rings. The van der Waals surface area contributed by atoms with E-state index in [4.69, 9.17) is 9.84 Å². The van der Waals surface area contributed by atoms with Gasteiger partial charge in [-0.15, -0.1) is 0 Å². The van der Waals surface area contributed by atoms with Crippen LogP contribution in [-0.4, -0.2) is 72.6 Å². The molecular weight excluding hydrogens is 288 g/mol. The summed E-state index contributed by atoms with van der Waals surface area (Å²) in [5, 5.41) is 8.96. The smallest absolute Gasteiger partial charge is 0.335 e. The van der Waals surface area contributed by atoms with Crippen molar-refractivity contribution in [3.05, 3.63) is 35.4 Å². The number of hydrogen-bond acceptors (Lipinski definition) is 4. The first-order valence-electron chi connectivity index (χ1n) is 6.92. The number of benzene rings is 1. The molecule has 2 amide bonds. The van der Waals surface area contributed by atoms with Gasteiger partial charge in [-0.3, -0.25) is 9.59 Å². The number of nitrogens with zero attached hydrogens (tertiary/aromatic N) is 2. The molecule has 22 heavy (non-hydrogen) atoms. The zero-order valence-corrected chi connectivity index (χ0v) is 12.3. The largest absolute Gasteiger partial charge is 0.478 e. The first kappa shape index (κ1) is 16.0. The van der Waals surface area contributed by atoms with E-state index in [1.54, 1.807) is 18.1 Å². The summed E-state index contributed by atoms with van der Waals surface area (Å²) in [6.07, 6.45) is 0. The number of amides is 2. The third-order valence-electron chi connectivity index (χ3n) is 3.53. The molecule has 0 spiro atoms. The van der Waals surface area contributed by atoms with E-state index in [-0.39, 0.29) is 29.5 Å². The van der Waals surface area contributed by atoms with E-state index in [1.807, 2.05) is 0 Å². The van der Waals surface area contributed by atoms with Gasteiger partial charge in [0.05, 0.1) is 12.2 Å². The van der Waals surface area contributed by atoms with Crippen molar-refractivity contribution in [3.63, 3.8) is 0 Å². The number of rotatable bonds is 5. The molecule has 1 heterocycles. The van der Waals surface area contributed by atoms with Crippen molar-refractivity contribution in [2.24, 2.45) is 0 Å². The van der Waals surface area contributed by atoms with E-state index in [9.17, 15) is 14.4 Å². The minimum absolute atomic E-state index is 0.000152. The van der Waals surface area contributed by atoms with Crippen molar-refractivity contribution in [2.75, 3.05) is 39.9 Å². The summed E-state index contributed by atoms with van der Waals surface area (Å²) in [6.45, 7) is 1.84. The molecule has 2 rings (SSSR count). The average molecular weight is 306 g/mol. The SMILES string of the molecule is COCCN1CCN(C(=O)c2cccc(C(=O)O)c2)CC1=O. The minimum Gasteiger partial charge on any atom is -0.478 e. The van der Waals surface area contributed by atoms with Gasteiger partial charge in [-0.25, -0.2) is 4.79 Å². The van der Waals surface area contributed by atoms with Crippen LogP contribution in [0.4, 0.5) is 0 Å². The van der Waals surface area contributed by atoms with Crippen molar-refractivity contribution in [1.82, 2.24) is 9.80 Å². The maximum atomic E-state index is 12.4. The van der Waals surface area contributed by atoms with Crippen LogP contribution in [0.5, 0.6) is 0 Å². The summed E-state index contributed by atoms with van der Waals surface area (Å²) in [5.41, 5.74) is 0.328. The fraction of sp³-hybridized carbons (Fsp3) is 0.400. The molecule has 1 fully saturated rings. The number of ether oxygens (including phenoxy) is 1. The Morgan fingerprint density at radius 2 is 2.00 bits per heavy atom. The number of carboxylic acids is 1. The van der Waals surface area contributed by atoms with Gasteiger partial charge < -0.3 is 19.6 Å². The summed E-state index contributed by atoms with van der Waals surface area (Å²) in [7, 11) is 1.57. The van der Waals surface area contributed by atoms with E-state index in [0.29, 0.717) is 26.2 Å². The highest BCUT2D eigenvalue weighted by atomic mass is 16.5. The van der Waals surface area contributed by atoms with Crippen LogP contribution in [0, 0.1) is 0 Å². The van der Waals surface area contributed by atoms with Crippen LogP contribution >= 0.6 is 0 Å². The van der Waals surface area contributed by atoms with Gasteiger partial charge in [0.1, 0.15) is 6.54 Å². The molecule has 1 aliphatic heterocycles. The Morgan fingerprint density at radius 1 is 1.27 bits per heavy atom. The number of piperazine rings is 1. The predicted molar refractivity (Wildman–Crippen MR) is 77.8 cm³/mol. The molecule has 1 aromatic carbocycles. The highest BCUT2D eigenvalue weighted by Gasteiger charge is 2.27. The number of aromatic carboxylic acids is 1. The third kappa shape index (κ3) is 3.62. The zero-order chi connectivity index (χ0) is 16.1. The molecule has 1 aromatic rings. The Hall–Kier alpha value is -2.41. The zero-order valence-electron chi connectivity index (χ0n) is 12.3.